The topological polar surface area (TPSA) is 88.2 Å². The van der Waals surface area contributed by atoms with Crippen LogP contribution in [0.4, 0.5) is 17.5 Å². The van der Waals surface area contributed by atoms with Crippen molar-refractivity contribution in [2.75, 3.05) is 43.6 Å². The number of anilines is 3. The van der Waals surface area contributed by atoms with Crippen molar-refractivity contribution in [2.45, 2.75) is 6.10 Å². The van der Waals surface area contributed by atoms with Crippen molar-refractivity contribution in [1.82, 2.24) is 19.9 Å². The molecule has 4 rings (SSSR count). The fourth-order valence-corrected chi connectivity index (χ4v) is 2.90. The summed E-state index contributed by atoms with van der Waals surface area (Å²) < 4.78 is 10.9. The first kappa shape index (κ1) is 15.8. The fraction of sp³-hybridized carbons (Fsp3) is 0.353. The molecular weight excluding hydrogens is 320 g/mol. The molecule has 0 radical (unpaired) electrons. The number of nitrogens with one attached hydrogen (secondary N) is 2. The van der Waals surface area contributed by atoms with Gasteiger partial charge in [0.15, 0.2) is 11.5 Å². The second-order valence-corrected chi connectivity index (χ2v) is 5.86. The molecule has 1 unspecified atom stereocenters. The molecule has 2 N–H and O–H groups in total. The minimum absolute atomic E-state index is 0.0164. The molecule has 0 aliphatic carbocycles. The van der Waals surface area contributed by atoms with Crippen molar-refractivity contribution in [1.29, 1.82) is 0 Å². The number of aromatic nitrogens is 4. The zero-order chi connectivity index (χ0) is 17.1. The van der Waals surface area contributed by atoms with Gasteiger partial charge in [0.2, 0.25) is 5.95 Å². The van der Waals surface area contributed by atoms with Gasteiger partial charge in [0.1, 0.15) is 5.52 Å². The highest BCUT2D eigenvalue weighted by atomic mass is 16.5. The lowest BCUT2D eigenvalue weighted by molar-refractivity contribution is -0.0104. The van der Waals surface area contributed by atoms with E-state index in [4.69, 9.17) is 14.5 Å². The van der Waals surface area contributed by atoms with E-state index in [-0.39, 0.29) is 6.10 Å². The van der Waals surface area contributed by atoms with Crippen molar-refractivity contribution < 1.29 is 9.47 Å². The van der Waals surface area contributed by atoms with Gasteiger partial charge in [0.05, 0.1) is 25.6 Å². The van der Waals surface area contributed by atoms with Gasteiger partial charge in [-0.3, -0.25) is 0 Å². The SMILES string of the molecule is COCC1CN(c2nc(Nc3ccccc3)c3[nH]cnc3n2)CCO1. The smallest absolute Gasteiger partial charge is 0.229 e. The van der Waals surface area contributed by atoms with E-state index in [1.165, 1.54) is 0 Å². The standard InChI is InChI=1S/C17H20N6O2/c1-24-10-13-9-23(7-8-25-13)17-21-15-14(18-11-19-15)16(22-17)20-12-5-3-2-4-6-12/h2-6,11,13H,7-10H2,1H3,(H2,18,19,20,21,22). The summed E-state index contributed by atoms with van der Waals surface area (Å²) in [7, 11) is 1.68. The zero-order valence-corrected chi connectivity index (χ0v) is 14.0. The average molecular weight is 340 g/mol. The molecule has 3 aromatic rings. The number of aromatic amines is 1. The number of para-hydroxylation sites is 1. The van der Waals surface area contributed by atoms with Crippen LogP contribution in [0.15, 0.2) is 36.7 Å². The third kappa shape index (κ3) is 3.40. The number of ether oxygens (including phenoxy) is 2. The third-order valence-electron chi connectivity index (χ3n) is 4.08. The van der Waals surface area contributed by atoms with Crippen molar-refractivity contribution in [3.63, 3.8) is 0 Å². The summed E-state index contributed by atoms with van der Waals surface area (Å²) in [5.41, 5.74) is 2.38. The minimum atomic E-state index is 0.0164. The lowest BCUT2D eigenvalue weighted by Crippen LogP contribution is -2.45. The van der Waals surface area contributed by atoms with Crippen LogP contribution in [0.1, 0.15) is 0 Å². The molecule has 2 aromatic heterocycles. The number of nitrogens with zero attached hydrogens (tertiary/aromatic N) is 4. The van der Waals surface area contributed by atoms with E-state index in [0.717, 1.165) is 17.7 Å². The van der Waals surface area contributed by atoms with Crippen LogP contribution in [-0.4, -0.2) is 59.5 Å². The van der Waals surface area contributed by atoms with Gasteiger partial charge in [-0.25, -0.2) is 4.98 Å². The van der Waals surface area contributed by atoms with Gasteiger partial charge in [0, 0.05) is 25.9 Å². The van der Waals surface area contributed by atoms with Crippen LogP contribution in [-0.2, 0) is 9.47 Å². The summed E-state index contributed by atoms with van der Waals surface area (Å²) in [5.74, 6) is 1.35. The number of methoxy groups -OCH3 is 1. The summed E-state index contributed by atoms with van der Waals surface area (Å²) >= 11 is 0. The molecule has 0 saturated carbocycles. The van der Waals surface area contributed by atoms with Crippen LogP contribution in [0.5, 0.6) is 0 Å². The van der Waals surface area contributed by atoms with E-state index in [1.807, 2.05) is 30.3 Å². The Morgan fingerprint density at radius 1 is 1.32 bits per heavy atom. The number of H-pyrrole nitrogens is 1. The minimum Gasteiger partial charge on any atom is -0.382 e. The van der Waals surface area contributed by atoms with Crippen LogP contribution in [0.2, 0.25) is 0 Å². The molecule has 1 saturated heterocycles. The molecule has 130 valence electrons. The molecular formula is C17H20N6O2. The maximum absolute atomic E-state index is 5.71. The van der Waals surface area contributed by atoms with Gasteiger partial charge >= 0.3 is 0 Å². The summed E-state index contributed by atoms with van der Waals surface area (Å²) in [5, 5.41) is 3.34. The zero-order valence-electron chi connectivity index (χ0n) is 14.0. The van der Waals surface area contributed by atoms with Crippen LogP contribution in [0, 0.1) is 0 Å². The Hall–Kier alpha value is -2.71. The van der Waals surface area contributed by atoms with Gasteiger partial charge < -0.3 is 24.7 Å². The number of morpholine rings is 1. The number of imidazole rings is 1. The number of hydrogen-bond acceptors (Lipinski definition) is 7. The van der Waals surface area contributed by atoms with E-state index in [9.17, 15) is 0 Å². The van der Waals surface area contributed by atoms with Gasteiger partial charge in [0.25, 0.3) is 0 Å². The number of benzene rings is 1. The molecule has 1 fully saturated rings. The first-order valence-corrected chi connectivity index (χ1v) is 8.22. The molecule has 8 nitrogen and oxygen atoms in total. The number of fused-ring (bicyclic) bond motifs is 1. The van der Waals surface area contributed by atoms with E-state index >= 15 is 0 Å². The molecule has 1 aliphatic rings. The molecule has 25 heavy (non-hydrogen) atoms. The van der Waals surface area contributed by atoms with Crippen molar-refractivity contribution in [3.05, 3.63) is 36.7 Å². The lowest BCUT2D eigenvalue weighted by atomic mass is 10.3. The normalized spacial score (nSPS) is 17.8. The van der Waals surface area contributed by atoms with Gasteiger partial charge in [-0.2, -0.15) is 9.97 Å². The summed E-state index contributed by atoms with van der Waals surface area (Å²) in [4.78, 5) is 18.8. The molecule has 1 atom stereocenters. The van der Waals surface area contributed by atoms with E-state index in [2.05, 4.69) is 25.2 Å². The van der Waals surface area contributed by atoms with Crippen molar-refractivity contribution >= 4 is 28.6 Å². The second kappa shape index (κ2) is 7.04. The average Bonchev–Trinajstić information content (AvgIpc) is 3.12. The Kier molecular flexibility index (Phi) is 4.45. The van der Waals surface area contributed by atoms with E-state index < -0.39 is 0 Å². The van der Waals surface area contributed by atoms with Crippen molar-refractivity contribution in [2.24, 2.45) is 0 Å². The monoisotopic (exact) mass is 340 g/mol. The molecule has 0 spiro atoms. The number of rotatable bonds is 5. The van der Waals surface area contributed by atoms with Crippen LogP contribution in [0.25, 0.3) is 11.2 Å². The first-order chi connectivity index (χ1) is 12.3. The molecule has 8 heteroatoms. The molecule has 3 heterocycles. The van der Waals surface area contributed by atoms with Crippen molar-refractivity contribution in [3.8, 4) is 0 Å². The molecule has 0 bridgehead atoms. The Morgan fingerprint density at radius 2 is 2.20 bits per heavy atom. The largest absolute Gasteiger partial charge is 0.382 e. The van der Waals surface area contributed by atoms with E-state index in [1.54, 1.807) is 13.4 Å². The molecule has 1 aromatic carbocycles. The Bertz CT molecular complexity index is 836. The molecule has 0 amide bonds. The predicted molar refractivity (Wildman–Crippen MR) is 95.2 cm³/mol. The summed E-state index contributed by atoms with van der Waals surface area (Å²) in [6, 6.07) is 9.92. The van der Waals surface area contributed by atoms with Crippen LogP contribution in [0.3, 0.4) is 0 Å². The summed E-state index contributed by atoms with van der Waals surface area (Å²) in [6.45, 7) is 2.60. The maximum Gasteiger partial charge on any atom is 0.229 e. The van der Waals surface area contributed by atoms with Gasteiger partial charge in [-0.15, -0.1) is 0 Å². The second-order valence-electron chi connectivity index (χ2n) is 5.86. The third-order valence-corrected chi connectivity index (χ3v) is 4.08. The van der Waals surface area contributed by atoms with Crippen LogP contribution < -0.4 is 10.2 Å². The fourth-order valence-electron chi connectivity index (χ4n) is 2.90. The highest BCUT2D eigenvalue weighted by Crippen LogP contribution is 2.25. The molecule has 1 aliphatic heterocycles. The Morgan fingerprint density at radius 3 is 3.04 bits per heavy atom. The number of hydrogen-bond donors (Lipinski definition) is 2. The first-order valence-electron chi connectivity index (χ1n) is 8.22. The Balaban J connectivity index is 1.65. The quantitative estimate of drug-likeness (QED) is 0.734. The summed E-state index contributed by atoms with van der Waals surface area (Å²) in [6.07, 6.45) is 1.65. The van der Waals surface area contributed by atoms with Gasteiger partial charge in [-0.05, 0) is 12.1 Å². The lowest BCUT2D eigenvalue weighted by Gasteiger charge is -2.32. The predicted octanol–water partition coefficient (Wildman–Crippen LogP) is 1.95. The highest BCUT2D eigenvalue weighted by Gasteiger charge is 2.23. The van der Waals surface area contributed by atoms with Gasteiger partial charge in [-0.1, -0.05) is 18.2 Å². The maximum atomic E-state index is 5.71. The highest BCUT2D eigenvalue weighted by molar-refractivity contribution is 5.86. The van der Waals surface area contributed by atoms with E-state index in [0.29, 0.717) is 37.2 Å². The Labute approximate surface area is 145 Å². The van der Waals surface area contributed by atoms with Crippen LogP contribution >= 0.6 is 0 Å².